The molecule has 1 unspecified atom stereocenters. The Morgan fingerprint density at radius 3 is 2.70 bits per heavy atom. The lowest BCUT2D eigenvalue weighted by Gasteiger charge is -2.16. The summed E-state index contributed by atoms with van der Waals surface area (Å²) in [6, 6.07) is 1.05. The number of H-pyrrole nitrogens is 1. The second-order valence-corrected chi connectivity index (χ2v) is 5.57. The molecule has 1 amide bonds. The Balaban J connectivity index is 2.15. The van der Waals surface area contributed by atoms with Crippen molar-refractivity contribution in [2.75, 3.05) is 0 Å². The maximum absolute atomic E-state index is 14.1. The van der Waals surface area contributed by atoms with Crippen LogP contribution in [0.2, 0.25) is 0 Å². The van der Waals surface area contributed by atoms with E-state index in [2.05, 4.69) is 15.5 Å². The number of aromatic nitrogens is 2. The van der Waals surface area contributed by atoms with Crippen LogP contribution in [0.1, 0.15) is 34.5 Å². The number of nitrogens with one attached hydrogen (secondary N) is 3. The van der Waals surface area contributed by atoms with Gasteiger partial charge in [-0.15, -0.1) is 0 Å². The minimum absolute atomic E-state index is 0.0467. The summed E-state index contributed by atoms with van der Waals surface area (Å²) >= 11 is 0. The predicted molar refractivity (Wildman–Crippen MR) is 78.0 cm³/mol. The zero-order valence-corrected chi connectivity index (χ0v) is 12.9. The van der Waals surface area contributed by atoms with Crippen molar-refractivity contribution in [1.82, 2.24) is 20.2 Å². The fourth-order valence-electron chi connectivity index (χ4n) is 1.95. The van der Waals surface area contributed by atoms with Gasteiger partial charge in [-0.25, -0.2) is 21.9 Å². The van der Waals surface area contributed by atoms with Crippen molar-refractivity contribution in [3.8, 4) is 0 Å². The van der Waals surface area contributed by atoms with Crippen LogP contribution in [0.15, 0.2) is 24.5 Å². The second-order valence-electron chi connectivity index (χ2n) is 4.74. The molecule has 124 valence electrons. The molecule has 0 aliphatic carbocycles. The first kappa shape index (κ1) is 17.0. The zero-order valence-electron chi connectivity index (χ0n) is 12.0. The summed E-state index contributed by atoms with van der Waals surface area (Å²) in [5.41, 5.74) is 0.0891. The van der Waals surface area contributed by atoms with Crippen LogP contribution < -0.4 is 10.0 Å². The molecule has 0 spiro atoms. The van der Waals surface area contributed by atoms with Crippen LogP contribution in [0.5, 0.6) is 0 Å². The van der Waals surface area contributed by atoms with E-state index >= 15 is 0 Å². The Morgan fingerprint density at radius 2 is 2.09 bits per heavy atom. The number of hydrogen-bond donors (Lipinski definition) is 4. The summed E-state index contributed by atoms with van der Waals surface area (Å²) in [5.74, 6) is -2.00. The summed E-state index contributed by atoms with van der Waals surface area (Å²) in [5, 5.41) is 8.62. The Morgan fingerprint density at radius 1 is 1.35 bits per heavy atom. The van der Waals surface area contributed by atoms with Gasteiger partial charge in [0.15, 0.2) is 0 Å². The number of halogens is 2. The first-order valence-electron chi connectivity index (χ1n) is 6.54. The van der Waals surface area contributed by atoms with E-state index in [1.807, 2.05) is 4.72 Å². The van der Waals surface area contributed by atoms with Gasteiger partial charge in [-0.2, -0.15) is 5.10 Å². The Labute approximate surface area is 132 Å². The van der Waals surface area contributed by atoms with Crippen molar-refractivity contribution < 1.29 is 22.0 Å². The van der Waals surface area contributed by atoms with E-state index < -0.39 is 34.5 Å². The Hall–Kier alpha value is -2.33. The highest BCUT2D eigenvalue weighted by Gasteiger charge is 2.18. The van der Waals surface area contributed by atoms with Gasteiger partial charge in [0, 0.05) is 23.9 Å². The van der Waals surface area contributed by atoms with Gasteiger partial charge in [0.25, 0.3) is 5.91 Å². The van der Waals surface area contributed by atoms with E-state index in [1.54, 1.807) is 0 Å². The van der Waals surface area contributed by atoms with E-state index in [-0.39, 0.29) is 23.2 Å². The van der Waals surface area contributed by atoms with Crippen LogP contribution in [0.4, 0.5) is 8.78 Å². The van der Waals surface area contributed by atoms with Crippen molar-refractivity contribution >= 4 is 16.8 Å². The van der Waals surface area contributed by atoms with E-state index in [0.29, 0.717) is 0 Å². The lowest BCUT2D eigenvalue weighted by Crippen LogP contribution is -2.27. The summed E-state index contributed by atoms with van der Waals surface area (Å²) < 4.78 is 50.9. The number of carbonyl (C=O) groups is 1. The first-order chi connectivity index (χ1) is 10.9. The van der Waals surface area contributed by atoms with Crippen molar-refractivity contribution in [3.63, 3.8) is 0 Å². The third kappa shape index (κ3) is 4.33. The van der Waals surface area contributed by atoms with E-state index in [1.165, 1.54) is 19.3 Å². The van der Waals surface area contributed by atoms with Crippen LogP contribution >= 0.6 is 0 Å². The fraction of sp³-hybridized carbons (Fsp3) is 0.231. The van der Waals surface area contributed by atoms with Crippen LogP contribution in [0.3, 0.4) is 0 Å². The number of aromatic amines is 1. The lowest BCUT2D eigenvalue weighted by atomic mass is 10.0. The molecule has 1 atom stereocenters. The van der Waals surface area contributed by atoms with Crippen molar-refractivity contribution in [3.05, 3.63) is 52.9 Å². The third-order valence-electron chi connectivity index (χ3n) is 3.14. The van der Waals surface area contributed by atoms with Crippen LogP contribution in [0.25, 0.3) is 0 Å². The molecule has 0 bridgehead atoms. The molecule has 0 saturated carbocycles. The average Bonchev–Trinajstić information content (AvgIpc) is 3.01. The SMILES string of the molecule is CC(NC(=O)c1cn[nH]c1)c1cc(F)c(CN[SH](=O)=O)cc1F. The maximum Gasteiger partial charge on any atom is 0.254 e. The topological polar surface area (TPSA) is 104 Å². The van der Waals surface area contributed by atoms with Gasteiger partial charge >= 0.3 is 0 Å². The second kappa shape index (κ2) is 7.29. The monoisotopic (exact) mass is 344 g/mol. The minimum Gasteiger partial charge on any atom is -0.345 e. The first-order valence-corrected chi connectivity index (χ1v) is 7.71. The molecule has 10 heteroatoms. The van der Waals surface area contributed by atoms with Gasteiger partial charge in [0.1, 0.15) is 11.6 Å². The predicted octanol–water partition coefficient (Wildman–Crippen LogP) is 0.795. The number of nitrogens with zero attached hydrogens (tertiary/aromatic N) is 1. The molecule has 3 N–H and O–H groups in total. The number of carbonyl (C=O) groups excluding carboxylic acids is 1. The van der Waals surface area contributed by atoms with Crippen LogP contribution in [-0.2, 0) is 17.4 Å². The van der Waals surface area contributed by atoms with Gasteiger partial charge in [-0.3, -0.25) is 9.89 Å². The quantitative estimate of drug-likeness (QED) is 0.582. The largest absolute Gasteiger partial charge is 0.345 e. The fourth-order valence-corrected chi connectivity index (χ4v) is 2.25. The third-order valence-corrected chi connectivity index (χ3v) is 3.56. The maximum atomic E-state index is 14.1. The highest BCUT2D eigenvalue weighted by molar-refractivity contribution is 7.70. The van der Waals surface area contributed by atoms with Gasteiger partial charge in [0.05, 0.1) is 17.8 Å². The molecule has 0 aliphatic rings. The molecule has 0 radical (unpaired) electrons. The van der Waals surface area contributed by atoms with Crippen molar-refractivity contribution in [2.24, 2.45) is 0 Å². The molecule has 23 heavy (non-hydrogen) atoms. The molecule has 1 aromatic heterocycles. The summed E-state index contributed by atoms with van der Waals surface area (Å²) in [7, 11) is -2.90. The lowest BCUT2D eigenvalue weighted by molar-refractivity contribution is 0.0939. The van der Waals surface area contributed by atoms with Gasteiger partial charge in [0.2, 0.25) is 10.9 Å². The summed E-state index contributed by atoms with van der Waals surface area (Å²) in [6.07, 6.45) is 2.68. The number of hydrogen-bond acceptors (Lipinski definition) is 4. The number of benzene rings is 1. The highest BCUT2D eigenvalue weighted by Crippen LogP contribution is 2.21. The van der Waals surface area contributed by atoms with Crippen molar-refractivity contribution in [2.45, 2.75) is 19.5 Å². The molecule has 2 aromatic rings. The van der Waals surface area contributed by atoms with Gasteiger partial charge in [-0.05, 0) is 19.1 Å². The number of amides is 1. The Kier molecular flexibility index (Phi) is 5.40. The van der Waals surface area contributed by atoms with Gasteiger partial charge < -0.3 is 5.32 Å². The minimum atomic E-state index is -2.90. The molecule has 0 aliphatic heterocycles. The van der Waals surface area contributed by atoms with E-state index in [9.17, 15) is 22.0 Å². The molecule has 0 fully saturated rings. The molecule has 7 nitrogen and oxygen atoms in total. The van der Waals surface area contributed by atoms with Crippen molar-refractivity contribution in [1.29, 1.82) is 0 Å². The van der Waals surface area contributed by atoms with E-state index in [0.717, 1.165) is 12.1 Å². The molecule has 1 heterocycles. The smallest absolute Gasteiger partial charge is 0.254 e. The number of thiol groups is 1. The molecular formula is C13H14F2N4O3S. The standard InChI is InChI=1S/C13H14F2N4O3S/c1-7(19-13(20)9-4-16-17-5-9)10-3-11(14)8(2-12(10)15)6-18-23(21)22/h2-5,7,23H,6H2,1H3,(H,16,17)(H,19,20)(H,18,21,22). The van der Waals surface area contributed by atoms with Crippen LogP contribution in [-0.4, -0.2) is 24.5 Å². The number of rotatable bonds is 6. The summed E-state index contributed by atoms with van der Waals surface area (Å²) in [6.45, 7) is 1.15. The average molecular weight is 344 g/mol. The van der Waals surface area contributed by atoms with Gasteiger partial charge in [-0.1, -0.05) is 0 Å². The van der Waals surface area contributed by atoms with Crippen LogP contribution in [0, 0.1) is 11.6 Å². The molecular weight excluding hydrogens is 330 g/mol. The molecule has 1 aromatic carbocycles. The highest BCUT2D eigenvalue weighted by atomic mass is 32.2. The molecule has 0 saturated heterocycles. The Bertz CT molecular complexity index is 770. The zero-order chi connectivity index (χ0) is 17.0. The summed E-state index contributed by atoms with van der Waals surface area (Å²) in [4.78, 5) is 11.9. The van der Waals surface area contributed by atoms with E-state index in [4.69, 9.17) is 0 Å². The normalized spacial score (nSPS) is 12.3. The molecule has 2 rings (SSSR count).